The Morgan fingerprint density at radius 2 is 1.80 bits per heavy atom. The van der Waals surface area contributed by atoms with Crippen molar-refractivity contribution < 1.29 is 22.6 Å². The first-order chi connectivity index (χ1) is 9.38. The minimum atomic E-state index is -4.41. The smallest absolute Gasteiger partial charge is 0.417 e. The number of nitrogens with zero attached hydrogens (tertiary/aromatic N) is 1. The Morgan fingerprint density at radius 1 is 1.10 bits per heavy atom. The van der Waals surface area contributed by atoms with Gasteiger partial charge in [0.2, 0.25) is 5.88 Å². The number of aromatic nitrogens is 1. The molecule has 0 amide bonds. The van der Waals surface area contributed by atoms with Crippen molar-refractivity contribution in [1.29, 1.82) is 0 Å². The highest BCUT2D eigenvalue weighted by Gasteiger charge is 2.30. The van der Waals surface area contributed by atoms with Crippen molar-refractivity contribution in [3.05, 3.63) is 46.6 Å². The van der Waals surface area contributed by atoms with Crippen LogP contribution in [0.2, 0.25) is 0 Å². The van der Waals surface area contributed by atoms with Crippen LogP contribution in [0.4, 0.5) is 13.2 Å². The molecule has 1 aromatic carbocycles. The fraction of sp³-hybridized carbons (Fsp3) is 0.154. The lowest BCUT2D eigenvalue weighted by atomic mass is 10.3. The molecule has 0 aliphatic rings. The minimum Gasteiger partial charge on any atom is -0.497 e. The summed E-state index contributed by atoms with van der Waals surface area (Å²) in [7, 11) is 1.50. The zero-order chi connectivity index (χ0) is 14.8. The molecule has 2 rings (SSSR count). The van der Waals surface area contributed by atoms with Crippen LogP contribution in [0.25, 0.3) is 0 Å². The van der Waals surface area contributed by atoms with E-state index in [4.69, 9.17) is 9.47 Å². The number of hydrogen-bond donors (Lipinski definition) is 0. The van der Waals surface area contributed by atoms with Gasteiger partial charge in [0.05, 0.1) is 12.7 Å². The van der Waals surface area contributed by atoms with Gasteiger partial charge in [-0.25, -0.2) is 4.98 Å². The second-order valence-electron chi connectivity index (χ2n) is 3.81. The van der Waals surface area contributed by atoms with Crippen molar-refractivity contribution in [1.82, 2.24) is 4.98 Å². The van der Waals surface area contributed by atoms with Crippen LogP contribution in [0.15, 0.2) is 41.0 Å². The normalized spacial score (nSPS) is 11.2. The molecular weight excluding hydrogens is 339 g/mol. The first-order valence-electron chi connectivity index (χ1n) is 5.44. The van der Waals surface area contributed by atoms with E-state index < -0.39 is 11.7 Å². The molecule has 0 saturated carbocycles. The zero-order valence-electron chi connectivity index (χ0n) is 10.2. The molecule has 0 unspecified atom stereocenters. The molecular formula is C13H9BrF3NO2. The Morgan fingerprint density at radius 3 is 2.35 bits per heavy atom. The molecule has 3 nitrogen and oxygen atoms in total. The Balaban J connectivity index is 2.20. The van der Waals surface area contributed by atoms with Gasteiger partial charge in [0.25, 0.3) is 0 Å². The highest BCUT2D eigenvalue weighted by molar-refractivity contribution is 9.10. The molecule has 0 spiro atoms. The molecule has 7 heteroatoms. The molecule has 1 aromatic heterocycles. The van der Waals surface area contributed by atoms with Crippen LogP contribution in [0.3, 0.4) is 0 Å². The average Bonchev–Trinajstić information content (AvgIpc) is 2.37. The lowest BCUT2D eigenvalue weighted by Crippen LogP contribution is -2.05. The Labute approximate surface area is 121 Å². The van der Waals surface area contributed by atoms with E-state index in [0.717, 1.165) is 22.8 Å². The summed E-state index contributed by atoms with van der Waals surface area (Å²) in [5.74, 6) is 1.03. The molecule has 106 valence electrons. The van der Waals surface area contributed by atoms with Crippen LogP contribution < -0.4 is 9.47 Å². The van der Waals surface area contributed by atoms with Gasteiger partial charge in [-0.3, -0.25) is 0 Å². The Hall–Kier alpha value is -1.76. The molecule has 0 saturated heterocycles. The standard InChI is InChI=1S/C13H9BrF3NO2/c1-19-10-4-9(14)5-11(6-10)20-12-3-2-8(7-18-12)13(15,16)17/h2-7H,1H3. The van der Waals surface area contributed by atoms with E-state index in [0.29, 0.717) is 11.5 Å². The van der Waals surface area contributed by atoms with Gasteiger partial charge in [-0.05, 0) is 18.2 Å². The minimum absolute atomic E-state index is 0.0677. The van der Waals surface area contributed by atoms with Crippen molar-refractivity contribution in [3.8, 4) is 17.4 Å². The first-order valence-corrected chi connectivity index (χ1v) is 6.23. The van der Waals surface area contributed by atoms with Crippen molar-refractivity contribution in [2.45, 2.75) is 6.18 Å². The first kappa shape index (κ1) is 14.6. The maximum atomic E-state index is 12.4. The number of benzene rings is 1. The van der Waals surface area contributed by atoms with Crippen LogP contribution in [0, 0.1) is 0 Å². The number of rotatable bonds is 3. The maximum Gasteiger partial charge on any atom is 0.417 e. The van der Waals surface area contributed by atoms with Crippen molar-refractivity contribution in [2.24, 2.45) is 0 Å². The summed E-state index contributed by atoms with van der Waals surface area (Å²) in [5, 5.41) is 0. The fourth-order valence-electron chi connectivity index (χ4n) is 1.44. The van der Waals surface area contributed by atoms with Crippen LogP contribution >= 0.6 is 15.9 Å². The predicted molar refractivity (Wildman–Crippen MR) is 70.0 cm³/mol. The number of alkyl halides is 3. The van der Waals surface area contributed by atoms with E-state index in [1.807, 2.05) is 0 Å². The second kappa shape index (κ2) is 5.70. The van der Waals surface area contributed by atoms with Gasteiger partial charge in [0.1, 0.15) is 11.5 Å². The average molecular weight is 348 g/mol. The molecule has 0 atom stereocenters. The predicted octanol–water partition coefficient (Wildman–Crippen LogP) is 4.66. The van der Waals surface area contributed by atoms with E-state index in [-0.39, 0.29) is 5.88 Å². The summed E-state index contributed by atoms with van der Waals surface area (Å²) in [6.45, 7) is 0. The third-order valence-electron chi connectivity index (χ3n) is 2.37. The van der Waals surface area contributed by atoms with Crippen LogP contribution in [-0.4, -0.2) is 12.1 Å². The lowest BCUT2D eigenvalue weighted by molar-refractivity contribution is -0.137. The van der Waals surface area contributed by atoms with Crippen LogP contribution in [0.1, 0.15) is 5.56 Å². The molecule has 1 heterocycles. The van der Waals surface area contributed by atoms with Gasteiger partial charge in [0, 0.05) is 22.8 Å². The summed E-state index contributed by atoms with van der Waals surface area (Å²) in [5.41, 5.74) is -0.823. The van der Waals surface area contributed by atoms with Gasteiger partial charge in [-0.2, -0.15) is 13.2 Å². The van der Waals surface area contributed by atoms with E-state index in [2.05, 4.69) is 20.9 Å². The molecule has 0 fully saturated rings. The third kappa shape index (κ3) is 3.63. The lowest BCUT2D eigenvalue weighted by Gasteiger charge is -2.09. The summed E-state index contributed by atoms with van der Waals surface area (Å²) in [4.78, 5) is 3.63. The molecule has 0 aliphatic carbocycles. The fourth-order valence-corrected chi connectivity index (χ4v) is 1.89. The monoisotopic (exact) mass is 347 g/mol. The zero-order valence-corrected chi connectivity index (χ0v) is 11.8. The topological polar surface area (TPSA) is 31.4 Å². The van der Waals surface area contributed by atoms with E-state index in [9.17, 15) is 13.2 Å². The number of ether oxygens (including phenoxy) is 2. The number of hydrogen-bond acceptors (Lipinski definition) is 3. The van der Waals surface area contributed by atoms with E-state index >= 15 is 0 Å². The summed E-state index contributed by atoms with van der Waals surface area (Å²) in [6, 6.07) is 7.06. The van der Waals surface area contributed by atoms with Gasteiger partial charge in [-0.15, -0.1) is 0 Å². The molecule has 0 radical (unpaired) electrons. The quantitative estimate of drug-likeness (QED) is 0.808. The number of pyridine rings is 1. The molecule has 2 aromatic rings. The van der Waals surface area contributed by atoms with Crippen molar-refractivity contribution in [2.75, 3.05) is 7.11 Å². The molecule has 0 aliphatic heterocycles. The Bertz CT molecular complexity index is 600. The highest BCUT2D eigenvalue weighted by Crippen LogP contribution is 2.31. The van der Waals surface area contributed by atoms with E-state index in [1.165, 1.54) is 7.11 Å². The molecule has 0 N–H and O–H groups in total. The summed E-state index contributed by atoms with van der Waals surface area (Å²) in [6.07, 6.45) is -3.69. The largest absolute Gasteiger partial charge is 0.497 e. The summed E-state index contributed by atoms with van der Waals surface area (Å²) < 4.78 is 48.3. The van der Waals surface area contributed by atoms with Gasteiger partial charge >= 0.3 is 6.18 Å². The van der Waals surface area contributed by atoms with Gasteiger partial charge in [0.15, 0.2) is 0 Å². The SMILES string of the molecule is COc1cc(Br)cc(Oc2ccc(C(F)(F)F)cn2)c1. The molecule has 20 heavy (non-hydrogen) atoms. The second-order valence-corrected chi connectivity index (χ2v) is 4.73. The molecule has 0 bridgehead atoms. The van der Waals surface area contributed by atoms with Gasteiger partial charge < -0.3 is 9.47 Å². The van der Waals surface area contributed by atoms with Crippen molar-refractivity contribution >= 4 is 15.9 Å². The highest BCUT2D eigenvalue weighted by atomic mass is 79.9. The summed E-state index contributed by atoms with van der Waals surface area (Å²) >= 11 is 3.28. The van der Waals surface area contributed by atoms with Crippen molar-refractivity contribution in [3.63, 3.8) is 0 Å². The number of halogens is 4. The third-order valence-corrected chi connectivity index (χ3v) is 2.82. The maximum absolute atomic E-state index is 12.4. The van der Waals surface area contributed by atoms with Crippen LogP contribution in [0.5, 0.6) is 17.4 Å². The Kier molecular flexibility index (Phi) is 4.17. The number of methoxy groups -OCH3 is 1. The van der Waals surface area contributed by atoms with E-state index in [1.54, 1.807) is 18.2 Å². The van der Waals surface area contributed by atoms with Crippen LogP contribution in [-0.2, 0) is 6.18 Å². The van der Waals surface area contributed by atoms with Gasteiger partial charge in [-0.1, -0.05) is 15.9 Å².